The van der Waals surface area contributed by atoms with Gasteiger partial charge in [-0.2, -0.15) is 0 Å². The summed E-state index contributed by atoms with van der Waals surface area (Å²) >= 11 is 0. The second-order valence-corrected chi connectivity index (χ2v) is 4.72. The fourth-order valence-corrected chi connectivity index (χ4v) is 3.89. The zero-order valence-electron chi connectivity index (χ0n) is 7.61. The molecule has 1 saturated heterocycles. The molecule has 1 heterocycles. The van der Waals surface area contributed by atoms with Crippen LogP contribution >= 0.6 is 0 Å². The first kappa shape index (κ1) is 7.34. The van der Waals surface area contributed by atoms with Gasteiger partial charge in [0.15, 0.2) is 0 Å². The summed E-state index contributed by atoms with van der Waals surface area (Å²) in [6, 6.07) is 0.541. The van der Waals surface area contributed by atoms with E-state index in [1.165, 1.54) is 19.4 Å². The lowest BCUT2D eigenvalue weighted by Crippen LogP contribution is -2.40. The lowest BCUT2D eigenvalue weighted by Gasteiger charge is -2.27. The predicted octanol–water partition coefficient (Wildman–Crippen LogP) is 0.707. The van der Waals surface area contributed by atoms with Gasteiger partial charge in [0.1, 0.15) is 0 Å². The predicted molar refractivity (Wildman–Crippen MR) is 46.7 cm³/mol. The quantitative estimate of drug-likeness (QED) is 0.621. The van der Waals surface area contributed by atoms with Crippen LogP contribution in [0.15, 0.2) is 0 Å². The van der Waals surface area contributed by atoms with Crippen LogP contribution in [0.2, 0.25) is 0 Å². The van der Waals surface area contributed by atoms with Crippen LogP contribution in [-0.4, -0.2) is 35.2 Å². The highest BCUT2D eigenvalue weighted by Crippen LogP contribution is 2.54. The van der Waals surface area contributed by atoms with Crippen molar-refractivity contribution in [2.24, 2.45) is 17.8 Å². The highest BCUT2D eigenvalue weighted by molar-refractivity contribution is 5.10. The number of aliphatic hydroxyl groups excluding tert-OH is 1. The van der Waals surface area contributed by atoms with Crippen molar-refractivity contribution in [3.05, 3.63) is 0 Å². The maximum Gasteiger partial charge on any atom is 0.0726 e. The van der Waals surface area contributed by atoms with Gasteiger partial charge in [0.05, 0.1) is 6.10 Å². The molecule has 2 bridgehead atoms. The van der Waals surface area contributed by atoms with E-state index in [-0.39, 0.29) is 6.10 Å². The Bertz CT molecular complexity index is 204. The van der Waals surface area contributed by atoms with E-state index in [2.05, 4.69) is 11.8 Å². The van der Waals surface area contributed by atoms with Gasteiger partial charge >= 0.3 is 0 Å². The van der Waals surface area contributed by atoms with Crippen molar-refractivity contribution in [2.75, 3.05) is 13.1 Å². The van der Waals surface area contributed by atoms with Crippen molar-refractivity contribution in [2.45, 2.75) is 31.9 Å². The minimum absolute atomic E-state index is 0.00806. The third-order valence-corrected chi connectivity index (χ3v) is 4.35. The van der Waals surface area contributed by atoms with Crippen LogP contribution in [-0.2, 0) is 0 Å². The fraction of sp³-hybridized carbons (Fsp3) is 1.00. The van der Waals surface area contributed by atoms with Gasteiger partial charge in [-0.1, -0.05) is 6.92 Å². The molecule has 3 rings (SSSR count). The second kappa shape index (κ2) is 2.24. The van der Waals surface area contributed by atoms with E-state index in [4.69, 9.17) is 0 Å². The zero-order chi connectivity index (χ0) is 8.29. The van der Waals surface area contributed by atoms with Crippen molar-refractivity contribution in [3.63, 3.8) is 0 Å². The summed E-state index contributed by atoms with van der Waals surface area (Å²) < 4.78 is 0. The molecule has 1 N–H and O–H groups in total. The van der Waals surface area contributed by atoms with Gasteiger partial charge in [-0.25, -0.2) is 0 Å². The summed E-state index contributed by atoms with van der Waals surface area (Å²) in [6.45, 7) is 4.60. The minimum Gasteiger partial charge on any atom is -0.391 e. The number of likely N-dealkylation sites (N-methyl/N-ethyl adjacent to an activating group) is 1. The number of aliphatic hydroxyl groups is 1. The third kappa shape index (κ3) is 0.686. The molecule has 1 aliphatic heterocycles. The summed E-state index contributed by atoms with van der Waals surface area (Å²) in [7, 11) is 0. The SMILES string of the molecule is CCN1CC2CC3CC2C1C3O. The molecule has 3 aliphatic rings. The molecule has 3 fully saturated rings. The van der Waals surface area contributed by atoms with Crippen LogP contribution in [0.4, 0.5) is 0 Å². The van der Waals surface area contributed by atoms with E-state index in [0.717, 1.165) is 18.4 Å². The van der Waals surface area contributed by atoms with Crippen LogP contribution in [0.25, 0.3) is 0 Å². The van der Waals surface area contributed by atoms with Gasteiger partial charge < -0.3 is 5.11 Å². The first-order chi connectivity index (χ1) is 5.81. The first-order valence-electron chi connectivity index (χ1n) is 5.23. The largest absolute Gasteiger partial charge is 0.391 e. The molecule has 5 atom stereocenters. The molecule has 2 nitrogen and oxygen atoms in total. The number of hydrogen-bond donors (Lipinski definition) is 1. The lowest BCUT2D eigenvalue weighted by atomic mass is 9.88. The van der Waals surface area contributed by atoms with Gasteiger partial charge in [0.25, 0.3) is 0 Å². The summed E-state index contributed by atoms with van der Waals surface area (Å²) in [5.74, 6) is 2.44. The van der Waals surface area contributed by atoms with Crippen LogP contribution in [0.5, 0.6) is 0 Å². The lowest BCUT2D eigenvalue weighted by molar-refractivity contribution is 0.0529. The zero-order valence-corrected chi connectivity index (χ0v) is 7.61. The normalized spacial score (nSPS) is 57.0. The van der Waals surface area contributed by atoms with E-state index >= 15 is 0 Å². The molecule has 5 unspecified atom stereocenters. The highest BCUT2D eigenvalue weighted by atomic mass is 16.3. The average Bonchev–Trinajstić information content (AvgIpc) is 2.61. The van der Waals surface area contributed by atoms with Crippen molar-refractivity contribution < 1.29 is 5.11 Å². The van der Waals surface area contributed by atoms with Crippen LogP contribution in [0, 0.1) is 17.8 Å². The van der Waals surface area contributed by atoms with Gasteiger partial charge in [-0.05, 0) is 37.1 Å². The maximum absolute atomic E-state index is 9.97. The Labute approximate surface area is 73.6 Å². The van der Waals surface area contributed by atoms with Crippen LogP contribution in [0.1, 0.15) is 19.8 Å². The average molecular weight is 167 g/mol. The molecule has 2 aliphatic carbocycles. The van der Waals surface area contributed by atoms with Crippen molar-refractivity contribution >= 4 is 0 Å². The summed E-state index contributed by atoms with van der Waals surface area (Å²) in [5, 5.41) is 9.97. The molecule has 68 valence electrons. The van der Waals surface area contributed by atoms with Crippen molar-refractivity contribution in [1.82, 2.24) is 4.90 Å². The molecule has 0 aromatic carbocycles. The Hall–Kier alpha value is -0.0800. The third-order valence-electron chi connectivity index (χ3n) is 4.35. The summed E-state index contributed by atoms with van der Waals surface area (Å²) in [4.78, 5) is 2.49. The Morgan fingerprint density at radius 3 is 2.83 bits per heavy atom. The standard InChI is InChI=1S/C10H17NO/c1-2-11-5-7-3-6-4-8(7)9(11)10(6)12/h6-10,12H,2-5H2,1H3. The summed E-state index contributed by atoms with van der Waals surface area (Å²) in [5.41, 5.74) is 0. The number of rotatable bonds is 1. The number of likely N-dealkylation sites (tertiary alicyclic amines) is 1. The van der Waals surface area contributed by atoms with Gasteiger partial charge in [0, 0.05) is 12.6 Å². The highest BCUT2D eigenvalue weighted by Gasteiger charge is 2.58. The molecule has 2 saturated carbocycles. The second-order valence-electron chi connectivity index (χ2n) is 4.72. The minimum atomic E-state index is 0.00806. The van der Waals surface area contributed by atoms with Crippen LogP contribution < -0.4 is 0 Å². The molecular formula is C10H17NO. The van der Waals surface area contributed by atoms with E-state index < -0.39 is 0 Å². The Kier molecular flexibility index (Phi) is 1.37. The number of nitrogens with zero attached hydrogens (tertiary/aromatic N) is 1. The van der Waals surface area contributed by atoms with E-state index in [0.29, 0.717) is 12.0 Å². The molecule has 0 aromatic rings. The van der Waals surface area contributed by atoms with Gasteiger partial charge in [-0.15, -0.1) is 0 Å². The monoisotopic (exact) mass is 167 g/mol. The van der Waals surface area contributed by atoms with Gasteiger partial charge in [-0.3, -0.25) is 4.90 Å². The Morgan fingerprint density at radius 2 is 2.17 bits per heavy atom. The molecule has 0 radical (unpaired) electrons. The number of hydrogen-bond acceptors (Lipinski definition) is 2. The van der Waals surface area contributed by atoms with E-state index in [9.17, 15) is 5.11 Å². The molecule has 0 aromatic heterocycles. The van der Waals surface area contributed by atoms with Crippen LogP contribution in [0.3, 0.4) is 0 Å². The fourth-order valence-electron chi connectivity index (χ4n) is 3.89. The van der Waals surface area contributed by atoms with E-state index in [1.54, 1.807) is 0 Å². The molecule has 0 spiro atoms. The smallest absolute Gasteiger partial charge is 0.0726 e. The number of fused-ring (bicyclic) bond motifs is 1. The summed E-state index contributed by atoms with van der Waals surface area (Å²) in [6.07, 6.45) is 2.62. The first-order valence-corrected chi connectivity index (χ1v) is 5.23. The Balaban J connectivity index is 1.92. The van der Waals surface area contributed by atoms with Crippen molar-refractivity contribution in [3.8, 4) is 0 Å². The topological polar surface area (TPSA) is 23.5 Å². The van der Waals surface area contributed by atoms with Crippen molar-refractivity contribution in [1.29, 1.82) is 0 Å². The Morgan fingerprint density at radius 1 is 1.33 bits per heavy atom. The molecular weight excluding hydrogens is 150 g/mol. The van der Waals surface area contributed by atoms with E-state index in [1.807, 2.05) is 0 Å². The maximum atomic E-state index is 9.97. The molecule has 12 heavy (non-hydrogen) atoms. The molecule has 2 heteroatoms. The van der Waals surface area contributed by atoms with Gasteiger partial charge in [0.2, 0.25) is 0 Å². The molecule has 0 amide bonds.